The van der Waals surface area contributed by atoms with Crippen molar-refractivity contribution in [2.24, 2.45) is 5.92 Å². The van der Waals surface area contributed by atoms with Crippen LogP contribution in [0.5, 0.6) is 0 Å². The average molecular weight is 272 g/mol. The molecule has 2 rings (SSSR count). The molecule has 0 aromatic heterocycles. The first kappa shape index (κ1) is 14.8. The lowest BCUT2D eigenvalue weighted by Gasteiger charge is -2.24. The highest BCUT2D eigenvalue weighted by molar-refractivity contribution is 5.90. The molecule has 0 saturated heterocycles. The smallest absolute Gasteiger partial charge is 0.328 e. The van der Waals surface area contributed by atoms with E-state index in [1.54, 1.807) is 0 Å². The van der Waals surface area contributed by atoms with Crippen molar-refractivity contribution in [2.75, 3.05) is 0 Å². The number of allylic oxidation sites excluding steroid dienone is 1. The number of aryl methyl sites for hydroxylation is 1. The molecule has 1 aliphatic rings. The maximum Gasteiger partial charge on any atom is 0.328 e. The van der Waals surface area contributed by atoms with Crippen LogP contribution in [0.4, 0.5) is 0 Å². The van der Waals surface area contributed by atoms with Crippen LogP contribution < -0.4 is 0 Å². The van der Waals surface area contributed by atoms with Crippen molar-refractivity contribution in [1.82, 2.24) is 0 Å². The molecule has 2 nitrogen and oxygen atoms in total. The molecule has 0 spiro atoms. The van der Waals surface area contributed by atoms with Gasteiger partial charge in [0, 0.05) is 6.08 Å². The van der Waals surface area contributed by atoms with E-state index in [4.69, 9.17) is 5.11 Å². The van der Waals surface area contributed by atoms with Crippen LogP contribution in [0.3, 0.4) is 0 Å². The molecule has 20 heavy (non-hydrogen) atoms. The van der Waals surface area contributed by atoms with E-state index in [0.717, 1.165) is 36.8 Å². The van der Waals surface area contributed by atoms with Gasteiger partial charge in [0.15, 0.2) is 0 Å². The minimum atomic E-state index is -0.830. The van der Waals surface area contributed by atoms with E-state index in [-0.39, 0.29) is 0 Å². The minimum Gasteiger partial charge on any atom is -0.478 e. The van der Waals surface area contributed by atoms with Crippen molar-refractivity contribution in [2.45, 2.75) is 51.9 Å². The van der Waals surface area contributed by atoms with E-state index in [0.29, 0.717) is 5.92 Å². The van der Waals surface area contributed by atoms with Gasteiger partial charge in [-0.2, -0.15) is 0 Å². The number of carboxylic acids is 1. The Labute approximate surface area is 121 Å². The fraction of sp³-hybridized carbons (Fsp3) is 0.500. The molecule has 2 heteroatoms. The molecule has 1 fully saturated rings. The molecule has 1 saturated carbocycles. The number of carbonyl (C=O) groups is 1. The van der Waals surface area contributed by atoms with Crippen LogP contribution in [0, 0.1) is 5.92 Å². The predicted molar refractivity (Wildman–Crippen MR) is 82.6 cm³/mol. The average Bonchev–Trinajstić information content (AvgIpc) is 2.47. The highest BCUT2D eigenvalue weighted by Crippen LogP contribution is 2.35. The lowest BCUT2D eigenvalue weighted by atomic mass is 9.80. The maximum absolute atomic E-state index is 11.1. The molecule has 0 aliphatic heterocycles. The molecule has 0 bridgehead atoms. The summed E-state index contributed by atoms with van der Waals surface area (Å²) in [5.74, 6) is -0.417. The van der Waals surface area contributed by atoms with Gasteiger partial charge in [-0.1, -0.05) is 56.9 Å². The van der Waals surface area contributed by atoms with Crippen LogP contribution in [-0.2, 0) is 11.2 Å². The standard InChI is InChI=1S/C18H24O2/c1-2-6-14-9-11-16(12-10-14)17(13-18(19)20)15-7-4-3-5-8-15/h9-13,15H,2-8H2,1H3,(H,19,20)/b17-13+. The number of hydrogen-bond acceptors (Lipinski definition) is 1. The van der Waals surface area contributed by atoms with E-state index >= 15 is 0 Å². The van der Waals surface area contributed by atoms with Gasteiger partial charge in [-0.15, -0.1) is 0 Å². The number of rotatable bonds is 5. The second-order valence-electron chi connectivity index (χ2n) is 5.72. The summed E-state index contributed by atoms with van der Waals surface area (Å²) in [5.41, 5.74) is 3.42. The van der Waals surface area contributed by atoms with E-state index in [1.807, 2.05) is 0 Å². The van der Waals surface area contributed by atoms with Gasteiger partial charge in [0.05, 0.1) is 0 Å². The van der Waals surface area contributed by atoms with E-state index in [1.165, 1.54) is 30.9 Å². The Morgan fingerprint density at radius 1 is 1.20 bits per heavy atom. The highest BCUT2D eigenvalue weighted by atomic mass is 16.4. The van der Waals surface area contributed by atoms with Crippen molar-refractivity contribution >= 4 is 11.5 Å². The molecule has 1 aliphatic carbocycles. The molecule has 0 unspecified atom stereocenters. The Kier molecular flexibility index (Phi) is 5.40. The van der Waals surface area contributed by atoms with E-state index < -0.39 is 5.97 Å². The van der Waals surface area contributed by atoms with Crippen molar-refractivity contribution in [3.05, 3.63) is 41.5 Å². The number of carboxylic acid groups (broad SMARTS) is 1. The SMILES string of the molecule is CCCc1ccc(/C(=C/C(=O)O)C2CCCCC2)cc1. The molecule has 108 valence electrons. The molecule has 0 heterocycles. The summed E-state index contributed by atoms with van der Waals surface area (Å²) in [4.78, 5) is 11.1. The van der Waals surface area contributed by atoms with Gasteiger partial charge < -0.3 is 5.11 Å². The molecular weight excluding hydrogens is 248 g/mol. The van der Waals surface area contributed by atoms with Crippen molar-refractivity contribution in [3.8, 4) is 0 Å². The highest BCUT2D eigenvalue weighted by Gasteiger charge is 2.20. The summed E-state index contributed by atoms with van der Waals surface area (Å²) in [7, 11) is 0. The zero-order valence-corrected chi connectivity index (χ0v) is 12.3. The van der Waals surface area contributed by atoms with Crippen LogP contribution in [0.1, 0.15) is 56.6 Å². The largest absolute Gasteiger partial charge is 0.478 e. The van der Waals surface area contributed by atoms with Crippen LogP contribution in [0.2, 0.25) is 0 Å². The fourth-order valence-electron chi connectivity index (χ4n) is 3.14. The zero-order valence-electron chi connectivity index (χ0n) is 12.3. The fourth-order valence-corrected chi connectivity index (χ4v) is 3.14. The molecule has 1 aromatic rings. The summed E-state index contributed by atoms with van der Waals surface area (Å²) in [6, 6.07) is 8.46. The number of benzene rings is 1. The lowest BCUT2D eigenvalue weighted by molar-refractivity contribution is -0.131. The normalized spacial score (nSPS) is 17.1. The topological polar surface area (TPSA) is 37.3 Å². The van der Waals surface area contributed by atoms with Gasteiger partial charge in [0.1, 0.15) is 0 Å². The Balaban J connectivity index is 2.23. The zero-order chi connectivity index (χ0) is 14.4. The summed E-state index contributed by atoms with van der Waals surface area (Å²) >= 11 is 0. The van der Waals surface area contributed by atoms with Crippen LogP contribution in [0.15, 0.2) is 30.3 Å². The third kappa shape index (κ3) is 3.96. The van der Waals surface area contributed by atoms with Gasteiger partial charge in [-0.25, -0.2) is 4.79 Å². The third-order valence-electron chi connectivity index (χ3n) is 4.15. The second-order valence-corrected chi connectivity index (χ2v) is 5.72. The lowest BCUT2D eigenvalue weighted by Crippen LogP contribution is -2.10. The van der Waals surface area contributed by atoms with Gasteiger partial charge in [0.2, 0.25) is 0 Å². The summed E-state index contributed by atoms with van der Waals surface area (Å²) < 4.78 is 0. The van der Waals surface area contributed by atoms with Gasteiger partial charge in [-0.3, -0.25) is 0 Å². The Morgan fingerprint density at radius 2 is 1.85 bits per heavy atom. The maximum atomic E-state index is 11.1. The predicted octanol–water partition coefficient (Wildman–Crippen LogP) is 4.69. The van der Waals surface area contributed by atoms with E-state index in [9.17, 15) is 4.79 Å². The Morgan fingerprint density at radius 3 is 2.40 bits per heavy atom. The first-order chi connectivity index (χ1) is 9.70. The number of aliphatic carboxylic acids is 1. The molecular formula is C18H24O2. The summed E-state index contributed by atoms with van der Waals surface area (Å²) in [6.45, 7) is 2.17. The van der Waals surface area contributed by atoms with Crippen LogP contribution in [-0.4, -0.2) is 11.1 Å². The van der Waals surface area contributed by atoms with E-state index in [2.05, 4.69) is 31.2 Å². The Hall–Kier alpha value is -1.57. The first-order valence-corrected chi connectivity index (χ1v) is 7.74. The van der Waals surface area contributed by atoms with Gasteiger partial charge in [-0.05, 0) is 41.9 Å². The molecule has 1 aromatic carbocycles. The van der Waals surface area contributed by atoms with Gasteiger partial charge in [0.25, 0.3) is 0 Å². The monoisotopic (exact) mass is 272 g/mol. The Bertz CT molecular complexity index is 465. The molecule has 1 N–H and O–H groups in total. The summed E-state index contributed by atoms with van der Waals surface area (Å²) in [6.07, 6.45) is 9.61. The van der Waals surface area contributed by atoms with Gasteiger partial charge >= 0.3 is 5.97 Å². The second kappa shape index (κ2) is 7.28. The summed E-state index contributed by atoms with van der Waals surface area (Å²) in [5, 5.41) is 9.14. The number of hydrogen-bond donors (Lipinski definition) is 1. The molecule has 0 atom stereocenters. The van der Waals surface area contributed by atoms with Crippen molar-refractivity contribution < 1.29 is 9.90 Å². The first-order valence-electron chi connectivity index (χ1n) is 7.74. The van der Waals surface area contributed by atoms with Crippen LogP contribution in [0.25, 0.3) is 5.57 Å². The molecule has 0 radical (unpaired) electrons. The van der Waals surface area contributed by atoms with Crippen molar-refractivity contribution in [3.63, 3.8) is 0 Å². The molecule has 0 amide bonds. The third-order valence-corrected chi connectivity index (χ3v) is 4.15. The van der Waals surface area contributed by atoms with Crippen LogP contribution >= 0.6 is 0 Å². The minimum absolute atomic E-state index is 0.414. The van der Waals surface area contributed by atoms with Crippen molar-refractivity contribution in [1.29, 1.82) is 0 Å². The quantitative estimate of drug-likeness (QED) is 0.790.